The summed E-state index contributed by atoms with van der Waals surface area (Å²) in [4.78, 5) is 4.47. The van der Waals surface area contributed by atoms with Gasteiger partial charge < -0.3 is 9.67 Å². The first-order valence-electron chi connectivity index (χ1n) is 6.32. The molecule has 2 aromatic rings. The fraction of sp³-hybridized carbons (Fsp3) is 0.400. The number of aryl methyl sites for hydroxylation is 1. The molecule has 0 bridgehead atoms. The van der Waals surface area contributed by atoms with E-state index in [0.717, 1.165) is 23.5 Å². The normalized spacial score (nSPS) is 12.9. The van der Waals surface area contributed by atoms with Crippen molar-refractivity contribution in [3.8, 4) is 0 Å². The number of hydrogen-bond donors (Lipinski definition) is 1. The fourth-order valence-corrected chi connectivity index (χ4v) is 1.99. The lowest BCUT2D eigenvalue weighted by molar-refractivity contribution is 0.127. The summed E-state index contributed by atoms with van der Waals surface area (Å²) in [5.74, 6) is 0.234. The number of aliphatic hydroxyl groups is 1. The van der Waals surface area contributed by atoms with Gasteiger partial charge in [0.15, 0.2) is 0 Å². The van der Waals surface area contributed by atoms with Crippen LogP contribution in [0.4, 0.5) is 0 Å². The Balaban J connectivity index is 2.11. The topological polar surface area (TPSA) is 38.0 Å². The molecule has 0 aliphatic heterocycles. The van der Waals surface area contributed by atoms with Crippen LogP contribution in [0.1, 0.15) is 36.9 Å². The molecule has 3 nitrogen and oxygen atoms in total. The van der Waals surface area contributed by atoms with E-state index in [9.17, 15) is 5.11 Å². The second-order valence-electron chi connectivity index (χ2n) is 5.08. The zero-order chi connectivity index (χ0) is 13.1. The van der Waals surface area contributed by atoms with Gasteiger partial charge in [-0.2, -0.15) is 0 Å². The molecular weight excluding hydrogens is 224 g/mol. The maximum atomic E-state index is 9.99. The molecule has 1 N–H and O–H groups in total. The Labute approximate surface area is 108 Å². The summed E-state index contributed by atoms with van der Waals surface area (Å²) >= 11 is 0. The van der Waals surface area contributed by atoms with Crippen molar-refractivity contribution in [2.24, 2.45) is 5.92 Å². The molecule has 0 radical (unpaired) electrons. The van der Waals surface area contributed by atoms with Gasteiger partial charge >= 0.3 is 0 Å². The fourth-order valence-electron chi connectivity index (χ4n) is 1.99. The van der Waals surface area contributed by atoms with Gasteiger partial charge in [0.1, 0.15) is 0 Å². The Hall–Kier alpha value is -1.61. The van der Waals surface area contributed by atoms with E-state index in [2.05, 4.69) is 9.55 Å². The minimum Gasteiger partial charge on any atom is -0.388 e. The number of aromatic nitrogens is 2. The van der Waals surface area contributed by atoms with Gasteiger partial charge in [0.05, 0.1) is 18.3 Å². The quantitative estimate of drug-likeness (QED) is 0.898. The van der Waals surface area contributed by atoms with Crippen LogP contribution >= 0.6 is 0 Å². The van der Waals surface area contributed by atoms with Crippen LogP contribution in [0.25, 0.3) is 0 Å². The average Bonchev–Trinajstić information content (AvgIpc) is 2.76. The van der Waals surface area contributed by atoms with Crippen LogP contribution in [-0.4, -0.2) is 14.7 Å². The number of hydrogen-bond acceptors (Lipinski definition) is 2. The highest BCUT2D eigenvalue weighted by Gasteiger charge is 2.13. The van der Waals surface area contributed by atoms with Crippen molar-refractivity contribution in [1.29, 1.82) is 0 Å². The molecule has 0 aliphatic rings. The Morgan fingerprint density at radius 1 is 1.28 bits per heavy atom. The van der Waals surface area contributed by atoms with E-state index in [4.69, 9.17) is 0 Å². The Kier molecular flexibility index (Phi) is 3.82. The lowest BCUT2D eigenvalue weighted by Crippen LogP contribution is -2.05. The van der Waals surface area contributed by atoms with E-state index in [1.807, 2.05) is 57.4 Å². The zero-order valence-electron chi connectivity index (χ0n) is 11.2. The van der Waals surface area contributed by atoms with Gasteiger partial charge in [-0.05, 0) is 36.6 Å². The maximum absolute atomic E-state index is 9.99. The molecule has 2 rings (SSSR count). The van der Waals surface area contributed by atoms with Crippen molar-refractivity contribution in [3.63, 3.8) is 0 Å². The minimum absolute atomic E-state index is 0.234. The van der Waals surface area contributed by atoms with E-state index >= 15 is 0 Å². The summed E-state index contributed by atoms with van der Waals surface area (Å²) in [5.41, 5.74) is 3.04. The predicted octanol–water partition coefficient (Wildman–Crippen LogP) is 2.93. The van der Waals surface area contributed by atoms with E-state index < -0.39 is 6.10 Å². The molecule has 0 saturated heterocycles. The molecule has 2 heterocycles. The number of rotatable bonds is 4. The molecule has 0 aromatic carbocycles. The van der Waals surface area contributed by atoms with Crippen molar-refractivity contribution >= 4 is 0 Å². The molecule has 18 heavy (non-hydrogen) atoms. The summed E-state index contributed by atoms with van der Waals surface area (Å²) in [6, 6.07) is 8.00. The van der Waals surface area contributed by atoms with Crippen LogP contribution in [0.2, 0.25) is 0 Å². The Morgan fingerprint density at radius 2 is 2.06 bits per heavy atom. The van der Waals surface area contributed by atoms with Gasteiger partial charge in [0, 0.05) is 18.1 Å². The first kappa shape index (κ1) is 12.8. The van der Waals surface area contributed by atoms with Crippen LogP contribution in [-0.2, 0) is 6.54 Å². The molecule has 1 unspecified atom stereocenters. The number of nitrogens with zero attached hydrogens (tertiary/aromatic N) is 2. The largest absolute Gasteiger partial charge is 0.388 e. The van der Waals surface area contributed by atoms with Gasteiger partial charge in [-0.3, -0.25) is 4.98 Å². The van der Waals surface area contributed by atoms with Gasteiger partial charge in [-0.25, -0.2) is 0 Å². The highest BCUT2D eigenvalue weighted by molar-refractivity contribution is 5.16. The lowest BCUT2D eigenvalue weighted by atomic mass is 10.0. The summed E-state index contributed by atoms with van der Waals surface area (Å²) < 4.78 is 2.06. The molecule has 1 atom stereocenters. The van der Waals surface area contributed by atoms with Gasteiger partial charge in [0.25, 0.3) is 0 Å². The van der Waals surface area contributed by atoms with Crippen LogP contribution < -0.4 is 0 Å². The second kappa shape index (κ2) is 5.36. The standard InChI is InChI=1S/C15H20N2O/c1-11(2)15(18)13-7-8-17(9-13)10-14-6-4-5-12(3)16-14/h4-9,11,15,18H,10H2,1-3H3. The molecule has 0 aliphatic carbocycles. The second-order valence-corrected chi connectivity index (χ2v) is 5.08. The highest BCUT2D eigenvalue weighted by Crippen LogP contribution is 2.21. The third kappa shape index (κ3) is 2.99. The van der Waals surface area contributed by atoms with Crippen molar-refractivity contribution in [2.45, 2.75) is 33.4 Å². The molecule has 96 valence electrons. The Morgan fingerprint density at radius 3 is 2.72 bits per heavy atom. The summed E-state index contributed by atoms with van der Waals surface area (Å²) in [5, 5.41) is 9.99. The molecular formula is C15H20N2O. The van der Waals surface area contributed by atoms with Crippen LogP contribution in [0.3, 0.4) is 0 Å². The lowest BCUT2D eigenvalue weighted by Gasteiger charge is -2.12. The molecule has 0 spiro atoms. The molecule has 0 saturated carbocycles. The van der Waals surface area contributed by atoms with E-state index in [-0.39, 0.29) is 5.92 Å². The molecule has 3 heteroatoms. The van der Waals surface area contributed by atoms with Gasteiger partial charge in [-0.15, -0.1) is 0 Å². The maximum Gasteiger partial charge on any atom is 0.0827 e. The molecule has 0 fully saturated rings. The first-order valence-corrected chi connectivity index (χ1v) is 6.32. The van der Waals surface area contributed by atoms with Crippen LogP contribution in [0, 0.1) is 12.8 Å². The first-order chi connectivity index (χ1) is 8.56. The molecule has 0 amide bonds. The predicted molar refractivity (Wildman–Crippen MR) is 72.3 cm³/mol. The summed E-state index contributed by atoms with van der Waals surface area (Å²) in [6.45, 7) is 6.77. The van der Waals surface area contributed by atoms with Crippen molar-refractivity contribution in [1.82, 2.24) is 9.55 Å². The van der Waals surface area contributed by atoms with Crippen molar-refractivity contribution in [2.75, 3.05) is 0 Å². The third-order valence-electron chi connectivity index (χ3n) is 3.04. The third-order valence-corrected chi connectivity index (χ3v) is 3.04. The smallest absolute Gasteiger partial charge is 0.0827 e. The minimum atomic E-state index is -0.392. The number of aliphatic hydroxyl groups excluding tert-OH is 1. The monoisotopic (exact) mass is 244 g/mol. The van der Waals surface area contributed by atoms with Crippen molar-refractivity contribution in [3.05, 3.63) is 53.6 Å². The van der Waals surface area contributed by atoms with Gasteiger partial charge in [-0.1, -0.05) is 19.9 Å². The summed E-state index contributed by atoms with van der Waals surface area (Å²) in [6.07, 6.45) is 3.59. The average molecular weight is 244 g/mol. The van der Waals surface area contributed by atoms with E-state index in [1.165, 1.54) is 0 Å². The van der Waals surface area contributed by atoms with E-state index in [1.54, 1.807) is 0 Å². The van der Waals surface area contributed by atoms with Crippen LogP contribution in [0.15, 0.2) is 36.7 Å². The van der Waals surface area contributed by atoms with Crippen molar-refractivity contribution < 1.29 is 5.11 Å². The summed E-state index contributed by atoms with van der Waals surface area (Å²) in [7, 11) is 0. The molecule has 2 aromatic heterocycles. The zero-order valence-corrected chi connectivity index (χ0v) is 11.2. The van der Waals surface area contributed by atoms with E-state index in [0.29, 0.717) is 0 Å². The Bertz CT molecular complexity index is 517. The number of pyridine rings is 1. The van der Waals surface area contributed by atoms with Crippen LogP contribution in [0.5, 0.6) is 0 Å². The highest BCUT2D eigenvalue weighted by atomic mass is 16.3. The SMILES string of the molecule is Cc1cccc(Cn2ccc(C(O)C(C)C)c2)n1. The van der Waals surface area contributed by atoms with Gasteiger partial charge in [0.2, 0.25) is 0 Å².